The van der Waals surface area contributed by atoms with E-state index in [1.165, 1.54) is 6.42 Å². The molecular weight excluding hydrogens is 264 g/mol. The normalized spacial score (nSPS) is 19.9. The van der Waals surface area contributed by atoms with E-state index >= 15 is 0 Å². The highest BCUT2D eigenvalue weighted by Gasteiger charge is 2.27. The largest absolute Gasteiger partial charge is 0.396 e. The maximum absolute atomic E-state index is 12.3. The molecule has 0 radical (unpaired) electrons. The molecular formula is C17H34N2O2. The topological polar surface area (TPSA) is 52.6 Å². The Kier molecular flexibility index (Phi) is 7.50. The monoisotopic (exact) mass is 298 g/mol. The second-order valence-corrected chi connectivity index (χ2v) is 7.63. The number of carbonyl (C=O) groups is 1. The van der Waals surface area contributed by atoms with Crippen LogP contribution in [-0.2, 0) is 0 Å². The zero-order chi connectivity index (χ0) is 15.9. The number of carbonyl (C=O) groups excluding carboxylic acids is 1. The van der Waals surface area contributed by atoms with Crippen molar-refractivity contribution in [3.63, 3.8) is 0 Å². The van der Waals surface area contributed by atoms with Crippen molar-refractivity contribution in [3.8, 4) is 0 Å². The van der Waals surface area contributed by atoms with Gasteiger partial charge in [-0.25, -0.2) is 4.79 Å². The first-order valence-corrected chi connectivity index (χ1v) is 8.51. The molecule has 21 heavy (non-hydrogen) atoms. The third-order valence-electron chi connectivity index (χ3n) is 4.37. The highest BCUT2D eigenvalue weighted by Crippen LogP contribution is 2.23. The van der Waals surface area contributed by atoms with E-state index in [2.05, 4.69) is 33.0 Å². The summed E-state index contributed by atoms with van der Waals surface area (Å²) < 4.78 is 0. The van der Waals surface area contributed by atoms with Gasteiger partial charge in [0.2, 0.25) is 0 Å². The SMILES string of the molecule is CC(C)CC1CCCCN1C(=O)NCCCC(C)(C)CO. The number of hydrogen-bond donors (Lipinski definition) is 2. The molecule has 4 nitrogen and oxygen atoms in total. The van der Waals surface area contributed by atoms with E-state index < -0.39 is 0 Å². The molecule has 124 valence electrons. The van der Waals surface area contributed by atoms with Crippen molar-refractivity contribution in [1.82, 2.24) is 10.2 Å². The van der Waals surface area contributed by atoms with Crippen LogP contribution in [-0.4, -0.2) is 41.8 Å². The van der Waals surface area contributed by atoms with Gasteiger partial charge in [-0.15, -0.1) is 0 Å². The fourth-order valence-electron chi connectivity index (χ4n) is 3.00. The summed E-state index contributed by atoms with van der Waals surface area (Å²) in [7, 11) is 0. The van der Waals surface area contributed by atoms with Crippen molar-refractivity contribution in [3.05, 3.63) is 0 Å². The van der Waals surface area contributed by atoms with Crippen LogP contribution in [0.1, 0.15) is 66.2 Å². The maximum atomic E-state index is 12.3. The Bertz CT molecular complexity index is 316. The van der Waals surface area contributed by atoms with Crippen LogP contribution in [0.25, 0.3) is 0 Å². The van der Waals surface area contributed by atoms with E-state index in [0.717, 1.165) is 38.6 Å². The Labute approximate surface area is 130 Å². The maximum Gasteiger partial charge on any atom is 0.317 e. The van der Waals surface area contributed by atoms with Crippen LogP contribution >= 0.6 is 0 Å². The molecule has 0 bridgehead atoms. The van der Waals surface area contributed by atoms with Crippen LogP contribution in [0.4, 0.5) is 4.79 Å². The summed E-state index contributed by atoms with van der Waals surface area (Å²) in [6, 6.07) is 0.509. The smallest absolute Gasteiger partial charge is 0.317 e. The number of nitrogens with one attached hydrogen (secondary N) is 1. The second-order valence-electron chi connectivity index (χ2n) is 7.63. The number of urea groups is 1. The van der Waals surface area contributed by atoms with E-state index in [0.29, 0.717) is 18.5 Å². The first kappa shape index (κ1) is 18.3. The van der Waals surface area contributed by atoms with Gasteiger partial charge in [0.15, 0.2) is 0 Å². The molecule has 1 saturated heterocycles. The summed E-state index contributed by atoms with van der Waals surface area (Å²) in [6.45, 7) is 10.3. The first-order valence-electron chi connectivity index (χ1n) is 8.51. The van der Waals surface area contributed by atoms with E-state index in [9.17, 15) is 9.90 Å². The molecule has 0 aromatic carbocycles. The van der Waals surface area contributed by atoms with Crippen LogP contribution in [0.2, 0.25) is 0 Å². The molecule has 4 heteroatoms. The van der Waals surface area contributed by atoms with Crippen molar-refractivity contribution >= 4 is 6.03 Å². The minimum atomic E-state index is -0.0456. The van der Waals surface area contributed by atoms with Crippen LogP contribution < -0.4 is 5.32 Å². The summed E-state index contributed by atoms with van der Waals surface area (Å²) in [5.41, 5.74) is -0.0456. The quantitative estimate of drug-likeness (QED) is 0.708. The van der Waals surface area contributed by atoms with Gasteiger partial charge in [-0.3, -0.25) is 0 Å². The molecule has 1 unspecified atom stereocenters. The average Bonchev–Trinajstić information content (AvgIpc) is 2.43. The van der Waals surface area contributed by atoms with Crippen molar-refractivity contribution in [2.75, 3.05) is 19.7 Å². The number of likely N-dealkylation sites (tertiary alicyclic amines) is 1. The fourth-order valence-corrected chi connectivity index (χ4v) is 3.00. The first-order chi connectivity index (χ1) is 9.85. The highest BCUT2D eigenvalue weighted by atomic mass is 16.3. The molecule has 2 N–H and O–H groups in total. The number of aliphatic hydroxyl groups excluding tert-OH is 1. The van der Waals surface area contributed by atoms with Gasteiger partial charge < -0.3 is 15.3 Å². The zero-order valence-corrected chi connectivity index (χ0v) is 14.3. The van der Waals surface area contributed by atoms with Crippen LogP contribution in [0.5, 0.6) is 0 Å². The molecule has 0 aliphatic carbocycles. The summed E-state index contributed by atoms with van der Waals surface area (Å²) in [5, 5.41) is 12.3. The lowest BCUT2D eigenvalue weighted by Gasteiger charge is -2.36. The number of aliphatic hydroxyl groups is 1. The van der Waals surface area contributed by atoms with Crippen molar-refractivity contribution < 1.29 is 9.90 Å². The lowest BCUT2D eigenvalue weighted by atomic mass is 9.89. The number of nitrogens with zero attached hydrogens (tertiary/aromatic N) is 1. The minimum Gasteiger partial charge on any atom is -0.396 e. The van der Waals surface area contributed by atoms with Gasteiger partial charge in [-0.2, -0.15) is 0 Å². The molecule has 1 aliphatic rings. The Hall–Kier alpha value is -0.770. The van der Waals surface area contributed by atoms with Crippen molar-refractivity contribution in [2.45, 2.75) is 72.3 Å². The lowest BCUT2D eigenvalue weighted by molar-refractivity contribution is 0.136. The van der Waals surface area contributed by atoms with Crippen molar-refractivity contribution in [2.24, 2.45) is 11.3 Å². The summed E-state index contributed by atoms with van der Waals surface area (Å²) >= 11 is 0. The predicted octanol–water partition coefficient (Wildman–Crippen LogP) is 3.40. The van der Waals surface area contributed by atoms with Gasteiger partial charge in [0, 0.05) is 25.7 Å². The molecule has 2 amide bonds. The molecule has 0 saturated carbocycles. The highest BCUT2D eigenvalue weighted by molar-refractivity contribution is 5.74. The number of rotatable bonds is 7. The molecule has 1 rings (SSSR count). The molecule has 1 aliphatic heterocycles. The molecule has 0 aromatic heterocycles. The van der Waals surface area contributed by atoms with Crippen LogP contribution in [0, 0.1) is 11.3 Å². The third-order valence-corrected chi connectivity index (χ3v) is 4.37. The van der Waals surface area contributed by atoms with Gasteiger partial charge in [0.1, 0.15) is 0 Å². The summed E-state index contributed by atoms with van der Waals surface area (Å²) in [4.78, 5) is 14.4. The van der Waals surface area contributed by atoms with Crippen LogP contribution in [0.3, 0.4) is 0 Å². The second kappa shape index (κ2) is 8.62. The molecule has 1 atom stereocenters. The minimum absolute atomic E-state index is 0.0456. The van der Waals surface area contributed by atoms with Crippen molar-refractivity contribution in [1.29, 1.82) is 0 Å². The van der Waals surface area contributed by atoms with Gasteiger partial charge in [-0.05, 0) is 49.9 Å². The number of amides is 2. The standard InChI is InChI=1S/C17H34N2O2/c1-14(2)12-15-8-5-6-11-19(15)16(21)18-10-7-9-17(3,4)13-20/h14-15,20H,5-13H2,1-4H3,(H,18,21). The number of hydrogen-bond acceptors (Lipinski definition) is 2. The van der Waals surface area contributed by atoms with E-state index in [4.69, 9.17) is 0 Å². The zero-order valence-electron chi connectivity index (χ0n) is 14.3. The van der Waals surface area contributed by atoms with Gasteiger partial charge in [0.25, 0.3) is 0 Å². The average molecular weight is 298 g/mol. The molecule has 0 aromatic rings. The van der Waals surface area contributed by atoms with E-state index in [1.807, 2.05) is 4.90 Å². The van der Waals surface area contributed by atoms with Gasteiger partial charge >= 0.3 is 6.03 Å². The van der Waals surface area contributed by atoms with Gasteiger partial charge in [0.05, 0.1) is 0 Å². The fraction of sp³-hybridized carbons (Fsp3) is 0.941. The Morgan fingerprint density at radius 2 is 2.10 bits per heavy atom. The molecule has 0 spiro atoms. The Morgan fingerprint density at radius 1 is 1.38 bits per heavy atom. The lowest BCUT2D eigenvalue weighted by Crippen LogP contribution is -2.49. The predicted molar refractivity (Wildman–Crippen MR) is 87.3 cm³/mol. The summed E-state index contributed by atoms with van der Waals surface area (Å²) in [6.07, 6.45) is 6.46. The molecule has 1 fully saturated rings. The van der Waals surface area contributed by atoms with E-state index in [1.54, 1.807) is 0 Å². The summed E-state index contributed by atoms with van der Waals surface area (Å²) in [5.74, 6) is 0.633. The van der Waals surface area contributed by atoms with Gasteiger partial charge in [-0.1, -0.05) is 27.7 Å². The third kappa shape index (κ3) is 6.68. The Balaban J connectivity index is 2.35. The number of piperidine rings is 1. The Morgan fingerprint density at radius 3 is 2.71 bits per heavy atom. The van der Waals surface area contributed by atoms with E-state index in [-0.39, 0.29) is 18.1 Å². The van der Waals surface area contributed by atoms with Crippen LogP contribution in [0.15, 0.2) is 0 Å². The molecule has 1 heterocycles.